The topological polar surface area (TPSA) is 101 Å². The molecule has 0 fully saturated rings. The second-order valence-corrected chi connectivity index (χ2v) is 9.89. The van der Waals surface area contributed by atoms with Gasteiger partial charge in [-0.05, 0) is 68.6 Å². The lowest BCUT2D eigenvalue weighted by molar-refractivity contribution is 0.0443. The summed E-state index contributed by atoms with van der Waals surface area (Å²) in [7, 11) is 2.13. The summed E-state index contributed by atoms with van der Waals surface area (Å²) in [6.45, 7) is 4.11. The van der Waals surface area contributed by atoms with Crippen molar-refractivity contribution >= 4 is 22.7 Å². The molecule has 2 aliphatic heterocycles. The monoisotopic (exact) mass is 483 g/mol. The van der Waals surface area contributed by atoms with Gasteiger partial charge >= 0.3 is 0 Å². The molecule has 0 saturated heterocycles. The van der Waals surface area contributed by atoms with Gasteiger partial charge < -0.3 is 15.3 Å². The van der Waals surface area contributed by atoms with E-state index in [1.165, 1.54) is 11.1 Å². The zero-order valence-corrected chi connectivity index (χ0v) is 20.5. The molecule has 0 unspecified atom stereocenters. The lowest BCUT2D eigenvalue weighted by Crippen LogP contribution is -2.26. The van der Waals surface area contributed by atoms with Gasteiger partial charge in [-0.3, -0.25) is 4.79 Å². The number of rotatable bonds is 2. The van der Waals surface area contributed by atoms with Crippen molar-refractivity contribution in [1.82, 2.24) is 29.2 Å². The summed E-state index contributed by atoms with van der Waals surface area (Å²) < 4.78 is 3.34. The highest BCUT2D eigenvalue weighted by Crippen LogP contribution is 2.27. The summed E-state index contributed by atoms with van der Waals surface area (Å²) in [5.74, 6) is 0.928. The van der Waals surface area contributed by atoms with Crippen LogP contribution in [0.25, 0.3) is 16.9 Å². The highest BCUT2D eigenvalue weighted by molar-refractivity contribution is 5.77. The molecule has 6 rings (SSSR count). The number of pyridine rings is 1. The Morgan fingerprint density at radius 2 is 2.00 bits per heavy atom. The molecule has 1 aromatic carbocycles. The van der Waals surface area contributed by atoms with Gasteiger partial charge in [0.25, 0.3) is 5.56 Å². The quantitative estimate of drug-likeness (QED) is 0.422. The highest BCUT2D eigenvalue weighted by atomic mass is 16.3. The molecule has 0 saturated carbocycles. The van der Waals surface area contributed by atoms with Crippen LogP contribution in [0.5, 0.6) is 0 Å². The van der Waals surface area contributed by atoms with E-state index in [0.29, 0.717) is 47.9 Å². The van der Waals surface area contributed by atoms with E-state index >= 15 is 0 Å². The Labute approximate surface area is 208 Å². The van der Waals surface area contributed by atoms with Crippen molar-refractivity contribution in [2.24, 2.45) is 0 Å². The van der Waals surface area contributed by atoms with Crippen LogP contribution < -0.4 is 10.9 Å². The van der Waals surface area contributed by atoms with Crippen LogP contribution in [0.4, 0.5) is 11.6 Å². The Balaban J connectivity index is 1.46. The number of aliphatic hydroxyl groups is 1. The van der Waals surface area contributed by atoms with Crippen molar-refractivity contribution in [1.29, 1.82) is 0 Å². The molecule has 36 heavy (non-hydrogen) atoms. The molecular formula is C27H29N7O2. The van der Waals surface area contributed by atoms with Crippen LogP contribution in [0.2, 0.25) is 0 Å². The number of aromatic nitrogens is 5. The number of nitrogens with zero attached hydrogens (tertiary/aromatic N) is 6. The first kappa shape index (κ1) is 22.6. The molecule has 0 radical (unpaired) electrons. The largest absolute Gasteiger partial charge is 0.384 e. The molecule has 0 aliphatic carbocycles. The summed E-state index contributed by atoms with van der Waals surface area (Å²) in [5.41, 5.74) is 3.32. The minimum atomic E-state index is -1.08. The molecule has 2 bridgehead atoms. The lowest BCUT2D eigenvalue weighted by Gasteiger charge is -2.25. The maximum atomic E-state index is 13.3. The second kappa shape index (κ2) is 8.69. The van der Waals surface area contributed by atoms with Crippen LogP contribution in [0.1, 0.15) is 36.6 Å². The fraction of sp³-hybridized carbons (Fsp3) is 0.333. The van der Waals surface area contributed by atoms with Gasteiger partial charge in [0.1, 0.15) is 11.0 Å². The van der Waals surface area contributed by atoms with Gasteiger partial charge in [-0.1, -0.05) is 24.3 Å². The van der Waals surface area contributed by atoms with Crippen LogP contribution in [-0.2, 0) is 25.1 Å². The van der Waals surface area contributed by atoms with Gasteiger partial charge in [0.15, 0.2) is 11.5 Å². The van der Waals surface area contributed by atoms with Crippen LogP contribution in [0.3, 0.4) is 0 Å². The van der Waals surface area contributed by atoms with E-state index in [-0.39, 0.29) is 5.56 Å². The number of anilines is 2. The summed E-state index contributed by atoms with van der Waals surface area (Å²) in [4.78, 5) is 29.6. The van der Waals surface area contributed by atoms with E-state index in [4.69, 9.17) is 9.97 Å². The van der Waals surface area contributed by atoms with Gasteiger partial charge in [0, 0.05) is 25.0 Å². The Hall–Kier alpha value is -3.82. The molecule has 3 aromatic heterocycles. The van der Waals surface area contributed by atoms with Gasteiger partial charge in [-0.15, -0.1) is 0 Å². The number of hydrogen-bond donors (Lipinski definition) is 2. The molecule has 5 heterocycles. The molecule has 2 aliphatic rings. The standard InChI is InChI=1S/C27H29N7O2/c1-27(36)12-4-3-5-13-33-25(35)21-16-28-26(31-24(21)34(33)23-8-6-7-22(27)30-23)29-20-10-9-18-11-14-32(2)17-19(18)15-20/h3,5-10,15-16,36H,4,11-14,17H2,1-2H3,(H,28,29,31)/b5-3-/t27-/m1/s1. The first-order valence-electron chi connectivity index (χ1n) is 12.3. The third-order valence-electron chi connectivity index (χ3n) is 7.09. The predicted molar refractivity (Wildman–Crippen MR) is 139 cm³/mol. The maximum Gasteiger partial charge on any atom is 0.278 e. The average Bonchev–Trinajstić information content (AvgIpc) is 3.13. The average molecular weight is 484 g/mol. The van der Waals surface area contributed by atoms with Gasteiger partial charge in [-0.2, -0.15) is 4.98 Å². The van der Waals surface area contributed by atoms with E-state index in [1.54, 1.807) is 22.5 Å². The number of allylic oxidation sites excluding steroid dienone is 2. The van der Waals surface area contributed by atoms with Crippen LogP contribution in [0.15, 0.2) is 59.5 Å². The first-order valence-corrected chi connectivity index (χ1v) is 12.3. The number of likely N-dealkylation sites (N-methyl/N-ethyl adjacent to an activating group) is 1. The van der Waals surface area contributed by atoms with E-state index < -0.39 is 5.60 Å². The Kier molecular flexibility index (Phi) is 5.46. The smallest absolute Gasteiger partial charge is 0.278 e. The van der Waals surface area contributed by atoms with Crippen molar-refractivity contribution in [2.45, 2.75) is 44.9 Å². The van der Waals surface area contributed by atoms with Crippen LogP contribution >= 0.6 is 0 Å². The molecule has 1 atom stereocenters. The van der Waals surface area contributed by atoms with Crippen LogP contribution in [0, 0.1) is 0 Å². The molecule has 4 aromatic rings. The van der Waals surface area contributed by atoms with E-state index in [0.717, 1.165) is 25.2 Å². The van der Waals surface area contributed by atoms with Gasteiger partial charge in [-0.25, -0.2) is 19.3 Å². The SMILES string of the molecule is CN1CCc2ccc(Nc3ncc4c(=O)n5n(c4n3)-c3cccc(n3)[C@](C)(O)CC/C=C\C5)cc2C1. The number of fused-ring (bicyclic) bond motifs is 7. The molecule has 184 valence electrons. The second-order valence-electron chi connectivity index (χ2n) is 9.89. The van der Waals surface area contributed by atoms with Crippen molar-refractivity contribution in [3.05, 3.63) is 81.9 Å². The Bertz CT molecular complexity index is 1550. The third kappa shape index (κ3) is 4.00. The van der Waals surface area contributed by atoms with Crippen molar-refractivity contribution in [3.63, 3.8) is 0 Å². The van der Waals surface area contributed by atoms with Crippen molar-refractivity contribution < 1.29 is 5.11 Å². The summed E-state index contributed by atoms with van der Waals surface area (Å²) in [6, 6.07) is 11.8. The molecule has 0 spiro atoms. The minimum absolute atomic E-state index is 0.184. The maximum absolute atomic E-state index is 13.3. The van der Waals surface area contributed by atoms with Crippen LogP contribution in [-0.4, -0.2) is 47.9 Å². The minimum Gasteiger partial charge on any atom is -0.384 e. The molecule has 9 nitrogen and oxygen atoms in total. The van der Waals surface area contributed by atoms with Gasteiger partial charge in [0.05, 0.1) is 12.2 Å². The normalized spacial score (nSPS) is 20.9. The first-order chi connectivity index (χ1) is 17.4. The zero-order valence-electron chi connectivity index (χ0n) is 20.5. The summed E-state index contributed by atoms with van der Waals surface area (Å²) in [5, 5.41) is 14.7. The molecular weight excluding hydrogens is 454 g/mol. The zero-order chi connectivity index (χ0) is 24.9. The third-order valence-corrected chi connectivity index (χ3v) is 7.09. The number of benzene rings is 1. The van der Waals surface area contributed by atoms with E-state index in [2.05, 4.69) is 34.4 Å². The van der Waals surface area contributed by atoms with Crippen molar-refractivity contribution in [2.75, 3.05) is 18.9 Å². The Morgan fingerprint density at radius 1 is 1.11 bits per heavy atom. The van der Waals surface area contributed by atoms with E-state index in [9.17, 15) is 9.90 Å². The summed E-state index contributed by atoms with van der Waals surface area (Å²) >= 11 is 0. The molecule has 9 heteroatoms. The lowest BCUT2D eigenvalue weighted by atomic mass is 9.95. The summed E-state index contributed by atoms with van der Waals surface area (Å²) in [6.07, 6.45) is 7.76. The molecule has 0 amide bonds. The van der Waals surface area contributed by atoms with Crippen molar-refractivity contribution in [3.8, 4) is 5.82 Å². The fourth-order valence-electron chi connectivity index (χ4n) is 5.02. The molecule has 2 N–H and O–H groups in total. The highest BCUT2D eigenvalue weighted by Gasteiger charge is 2.26. The predicted octanol–water partition coefficient (Wildman–Crippen LogP) is 3.27. The number of hydrogen-bond acceptors (Lipinski definition) is 7. The Morgan fingerprint density at radius 3 is 2.89 bits per heavy atom. The van der Waals surface area contributed by atoms with E-state index in [1.807, 2.05) is 36.4 Å². The number of nitrogens with one attached hydrogen (secondary N) is 1. The van der Waals surface area contributed by atoms with Gasteiger partial charge in [0.2, 0.25) is 5.95 Å². The fourth-order valence-corrected chi connectivity index (χ4v) is 5.02.